The molecule has 0 aliphatic heterocycles. The quantitative estimate of drug-likeness (QED) is 0.288. The van der Waals surface area contributed by atoms with Crippen molar-refractivity contribution < 1.29 is 22.4 Å². The summed E-state index contributed by atoms with van der Waals surface area (Å²) in [5, 5.41) is 4.04. The Morgan fingerprint density at radius 2 is 1.56 bits per heavy atom. The summed E-state index contributed by atoms with van der Waals surface area (Å²) in [4.78, 5) is 5.25. The van der Waals surface area contributed by atoms with E-state index in [1.807, 2.05) is 0 Å². The second kappa shape index (κ2) is 7.80. The zero-order chi connectivity index (χ0) is 19.4. The van der Waals surface area contributed by atoms with E-state index in [1.54, 1.807) is 30.3 Å². The smallest absolute Gasteiger partial charge is 0.356 e. The summed E-state index contributed by atoms with van der Waals surface area (Å²) in [5.74, 6) is -0.288. The standard InChI is InChI=1S/C20H12ClF4NO/c21-14-6-11-18(20(23,24)25)17(12-14)19(13-4-2-1-3-5-13)26-27-16-9-7-15(22)8-10-16/h1-12H/b26-19+. The Hall–Kier alpha value is -2.86. The van der Waals surface area contributed by atoms with Crippen LogP contribution in [0.3, 0.4) is 0 Å². The molecule has 2 nitrogen and oxygen atoms in total. The minimum Gasteiger partial charge on any atom is -0.356 e. The van der Waals surface area contributed by atoms with Crippen LogP contribution < -0.4 is 4.84 Å². The third kappa shape index (κ3) is 4.65. The van der Waals surface area contributed by atoms with Crippen molar-refractivity contribution in [3.8, 4) is 5.75 Å². The first kappa shape index (κ1) is 18.9. The minimum atomic E-state index is -4.61. The van der Waals surface area contributed by atoms with Gasteiger partial charge in [-0.3, -0.25) is 0 Å². The fourth-order valence-corrected chi connectivity index (χ4v) is 2.58. The summed E-state index contributed by atoms with van der Waals surface area (Å²) in [6.07, 6.45) is -4.61. The van der Waals surface area contributed by atoms with Gasteiger partial charge in [0, 0.05) is 16.1 Å². The van der Waals surface area contributed by atoms with Gasteiger partial charge in [0.2, 0.25) is 0 Å². The third-order valence-electron chi connectivity index (χ3n) is 3.65. The van der Waals surface area contributed by atoms with E-state index in [0.717, 1.165) is 24.3 Å². The Kier molecular flexibility index (Phi) is 5.46. The van der Waals surface area contributed by atoms with Gasteiger partial charge in [-0.1, -0.05) is 47.1 Å². The fourth-order valence-electron chi connectivity index (χ4n) is 2.41. The zero-order valence-electron chi connectivity index (χ0n) is 13.7. The number of nitrogens with zero attached hydrogens (tertiary/aromatic N) is 1. The van der Waals surface area contributed by atoms with Gasteiger partial charge in [-0.2, -0.15) is 13.2 Å². The van der Waals surface area contributed by atoms with Crippen LogP contribution >= 0.6 is 11.6 Å². The van der Waals surface area contributed by atoms with E-state index in [0.29, 0.717) is 5.56 Å². The van der Waals surface area contributed by atoms with Gasteiger partial charge >= 0.3 is 6.18 Å². The molecule has 0 bridgehead atoms. The molecule has 0 aliphatic rings. The fraction of sp³-hybridized carbons (Fsp3) is 0.0500. The van der Waals surface area contributed by atoms with Crippen molar-refractivity contribution in [3.05, 3.63) is 100 Å². The normalized spacial score (nSPS) is 12.1. The highest BCUT2D eigenvalue weighted by atomic mass is 35.5. The van der Waals surface area contributed by atoms with Crippen molar-refractivity contribution in [1.29, 1.82) is 0 Å². The Morgan fingerprint density at radius 3 is 2.19 bits per heavy atom. The average Bonchev–Trinajstić information content (AvgIpc) is 2.63. The van der Waals surface area contributed by atoms with Gasteiger partial charge in [0.15, 0.2) is 5.75 Å². The van der Waals surface area contributed by atoms with Crippen molar-refractivity contribution >= 4 is 17.3 Å². The molecule has 0 aromatic heterocycles. The van der Waals surface area contributed by atoms with Crippen LogP contribution in [0.25, 0.3) is 0 Å². The number of alkyl halides is 3. The van der Waals surface area contributed by atoms with Gasteiger partial charge in [-0.25, -0.2) is 4.39 Å². The molecule has 0 unspecified atom stereocenters. The lowest BCUT2D eigenvalue weighted by molar-refractivity contribution is -0.137. The highest BCUT2D eigenvalue weighted by Crippen LogP contribution is 2.34. The van der Waals surface area contributed by atoms with Crippen molar-refractivity contribution in [2.75, 3.05) is 0 Å². The van der Waals surface area contributed by atoms with Gasteiger partial charge in [-0.05, 0) is 42.5 Å². The molecule has 0 amide bonds. The summed E-state index contributed by atoms with van der Waals surface area (Å²) in [6, 6.07) is 16.5. The maximum atomic E-state index is 13.5. The topological polar surface area (TPSA) is 21.6 Å². The summed E-state index contributed by atoms with van der Waals surface area (Å²) < 4.78 is 53.5. The van der Waals surface area contributed by atoms with Crippen LogP contribution in [0.2, 0.25) is 5.02 Å². The highest BCUT2D eigenvalue weighted by molar-refractivity contribution is 6.31. The minimum absolute atomic E-state index is 0.0465. The second-order valence-corrected chi connectivity index (χ2v) is 5.98. The molecular formula is C20H12ClF4NO. The van der Waals surface area contributed by atoms with Crippen LogP contribution in [0.15, 0.2) is 78.0 Å². The van der Waals surface area contributed by atoms with Crippen molar-refractivity contribution in [2.24, 2.45) is 5.16 Å². The zero-order valence-corrected chi connectivity index (χ0v) is 14.4. The van der Waals surface area contributed by atoms with Crippen molar-refractivity contribution in [3.63, 3.8) is 0 Å². The molecule has 0 heterocycles. The van der Waals surface area contributed by atoms with Crippen LogP contribution in [-0.4, -0.2) is 5.71 Å². The van der Waals surface area contributed by atoms with Crippen molar-refractivity contribution in [2.45, 2.75) is 6.18 Å². The third-order valence-corrected chi connectivity index (χ3v) is 3.88. The molecule has 0 spiro atoms. The van der Waals surface area contributed by atoms with E-state index in [4.69, 9.17) is 16.4 Å². The van der Waals surface area contributed by atoms with Crippen LogP contribution in [0.1, 0.15) is 16.7 Å². The number of benzene rings is 3. The molecule has 0 saturated heterocycles. The van der Waals surface area contributed by atoms with Gasteiger partial charge in [0.25, 0.3) is 0 Å². The second-order valence-electron chi connectivity index (χ2n) is 5.54. The van der Waals surface area contributed by atoms with Crippen LogP contribution in [-0.2, 0) is 6.18 Å². The molecular weight excluding hydrogens is 382 g/mol. The van der Waals surface area contributed by atoms with Gasteiger partial charge < -0.3 is 4.84 Å². The summed E-state index contributed by atoms with van der Waals surface area (Å²) in [7, 11) is 0. The number of halogens is 5. The Morgan fingerprint density at radius 1 is 0.889 bits per heavy atom. The van der Waals surface area contributed by atoms with E-state index >= 15 is 0 Å². The molecule has 3 aromatic carbocycles. The summed E-state index contributed by atoms with van der Waals surface area (Å²) >= 11 is 5.93. The molecule has 0 aliphatic carbocycles. The largest absolute Gasteiger partial charge is 0.417 e. The Bertz CT molecular complexity index is 954. The summed E-state index contributed by atoms with van der Waals surface area (Å²) in [6.45, 7) is 0. The highest BCUT2D eigenvalue weighted by Gasteiger charge is 2.35. The first-order valence-corrected chi connectivity index (χ1v) is 8.15. The first-order chi connectivity index (χ1) is 12.8. The van der Waals surface area contributed by atoms with E-state index < -0.39 is 17.6 Å². The molecule has 138 valence electrons. The van der Waals surface area contributed by atoms with Crippen LogP contribution in [0, 0.1) is 5.82 Å². The van der Waals surface area contributed by atoms with Gasteiger partial charge in [0.1, 0.15) is 11.5 Å². The maximum Gasteiger partial charge on any atom is 0.417 e. The average molecular weight is 394 g/mol. The monoisotopic (exact) mass is 393 g/mol. The SMILES string of the molecule is Fc1ccc(O/N=C(\c2ccccc2)c2cc(Cl)ccc2C(F)(F)F)cc1. The molecule has 3 rings (SSSR count). The van der Waals surface area contributed by atoms with E-state index in [-0.39, 0.29) is 22.0 Å². The maximum absolute atomic E-state index is 13.5. The molecule has 0 N–H and O–H groups in total. The molecule has 0 fully saturated rings. The lowest BCUT2D eigenvalue weighted by atomic mass is 9.97. The number of rotatable bonds is 4. The molecule has 0 saturated carbocycles. The molecule has 7 heteroatoms. The van der Waals surface area contributed by atoms with E-state index in [9.17, 15) is 17.6 Å². The summed E-state index contributed by atoms with van der Waals surface area (Å²) in [5.41, 5.74) is -0.748. The van der Waals surface area contributed by atoms with E-state index in [1.165, 1.54) is 18.2 Å². The predicted molar refractivity (Wildman–Crippen MR) is 95.6 cm³/mol. The number of oxime groups is 1. The van der Waals surface area contributed by atoms with E-state index in [2.05, 4.69) is 5.16 Å². The van der Waals surface area contributed by atoms with Gasteiger partial charge in [0.05, 0.1) is 5.56 Å². The number of hydrogen-bond acceptors (Lipinski definition) is 2. The van der Waals surface area contributed by atoms with Crippen molar-refractivity contribution in [1.82, 2.24) is 0 Å². The molecule has 3 aromatic rings. The van der Waals surface area contributed by atoms with Crippen LogP contribution in [0.4, 0.5) is 17.6 Å². The molecule has 0 atom stereocenters. The Balaban J connectivity index is 2.13. The van der Waals surface area contributed by atoms with Gasteiger partial charge in [-0.15, -0.1) is 0 Å². The molecule has 0 radical (unpaired) electrons. The number of hydrogen-bond donors (Lipinski definition) is 0. The lowest BCUT2D eigenvalue weighted by Crippen LogP contribution is -2.15. The molecule has 27 heavy (non-hydrogen) atoms. The van der Waals surface area contributed by atoms with Crippen LogP contribution in [0.5, 0.6) is 5.75 Å². The lowest BCUT2D eigenvalue weighted by Gasteiger charge is -2.15. The Labute approximate surface area is 157 Å². The predicted octanol–water partition coefficient (Wildman–Crippen LogP) is 6.33. The first-order valence-electron chi connectivity index (χ1n) is 7.78.